The predicted molar refractivity (Wildman–Crippen MR) is 80.9 cm³/mol. The summed E-state index contributed by atoms with van der Waals surface area (Å²) >= 11 is 0. The van der Waals surface area contributed by atoms with Gasteiger partial charge >= 0.3 is 0 Å². The molecule has 0 aliphatic carbocycles. The van der Waals surface area contributed by atoms with Gasteiger partial charge in [-0.1, -0.05) is 6.08 Å². The number of hydrogen-bond donors (Lipinski definition) is 4. The highest BCUT2D eigenvalue weighted by atomic mass is 16.7. The lowest BCUT2D eigenvalue weighted by molar-refractivity contribution is -0.277. The van der Waals surface area contributed by atoms with Crippen LogP contribution in [-0.4, -0.2) is 64.5 Å². The number of benzene rings is 1. The van der Waals surface area contributed by atoms with Gasteiger partial charge in [0.2, 0.25) is 18.8 Å². The molecule has 0 amide bonds. The van der Waals surface area contributed by atoms with E-state index in [4.69, 9.17) is 18.9 Å². The number of hydrogen-bond acceptors (Lipinski definition) is 8. The van der Waals surface area contributed by atoms with Crippen LogP contribution in [0.25, 0.3) is 0 Å². The molecule has 5 unspecified atom stereocenters. The summed E-state index contributed by atoms with van der Waals surface area (Å²) in [5.74, 6) is 1.12. The zero-order chi connectivity index (χ0) is 17.3. The summed E-state index contributed by atoms with van der Waals surface area (Å²) in [5, 5.41) is 38.9. The summed E-state index contributed by atoms with van der Waals surface area (Å²) in [6.07, 6.45) is -4.49. The predicted octanol–water partition coefficient (Wildman–Crippen LogP) is -0.678. The zero-order valence-electron chi connectivity index (χ0n) is 12.9. The summed E-state index contributed by atoms with van der Waals surface area (Å²) < 4.78 is 21.7. The summed E-state index contributed by atoms with van der Waals surface area (Å²) in [7, 11) is 0. The van der Waals surface area contributed by atoms with Gasteiger partial charge in [-0.25, -0.2) is 0 Å². The Kier molecular flexibility index (Phi) is 4.93. The summed E-state index contributed by atoms with van der Waals surface area (Å²) in [6.45, 7) is 3.19. The normalized spacial score (nSPS) is 31.8. The van der Waals surface area contributed by atoms with Crippen LogP contribution in [0.2, 0.25) is 0 Å². The van der Waals surface area contributed by atoms with Crippen molar-refractivity contribution in [3.05, 3.63) is 30.4 Å². The molecule has 0 bridgehead atoms. The lowest BCUT2D eigenvalue weighted by atomic mass is 9.99. The van der Waals surface area contributed by atoms with Crippen molar-refractivity contribution in [3.8, 4) is 17.2 Å². The van der Waals surface area contributed by atoms with Gasteiger partial charge in [0.25, 0.3) is 0 Å². The number of aliphatic hydroxyl groups is 4. The third-order valence-corrected chi connectivity index (χ3v) is 3.97. The maximum Gasteiger partial charge on any atom is 0.231 e. The second kappa shape index (κ2) is 6.96. The standard InChI is InChI=1S/C16H20O8/c1-2-3-8-4-9-15(22-7-21-9)10(5-8)23-16-14(20)13(19)12(18)11(6-17)24-16/h2,4-5,11-14,16-20H,1,3,6-7H2. The minimum absolute atomic E-state index is 0.0396. The van der Waals surface area contributed by atoms with Crippen molar-refractivity contribution in [3.63, 3.8) is 0 Å². The smallest absolute Gasteiger partial charge is 0.231 e. The molecule has 1 aromatic rings. The highest BCUT2D eigenvalue weighted by Gasteiger charge is 2.45. The van der Waals surface area contributed by atoms with Gasteiger partial charge in [0.15, 0.2) is 11.5 Å². The van der Waals surface area contributed by atoms with Gasteiger partial charge in [-0.05, 0) is 24.1 Å². The lowest BCUT2D eigenvalue weighted by Gasteiger charge is -2.39. The molecule has 1 fully saturated rings. The summed E-state index contributed by atoms with van der Waals surface area (Å²) in [5.41, 5.74) is 0.855. The molecule has 8 heteroatoms. The maximum absolute atomic E-state index is 10.1. The lowest BCUT2D eigenvalue weighted by Crippen LogP contribution is -2.60. The molecule has 0 saturated carbocycles. The fraction of sp³-hybridized carbons (Fsp3) is 0.500. The Bertz CT molecular complexity index is 602. The Hall–Kier alpha value is -1.84. The van der Waals surface area contributed by atoms with E-state index in [1.165, 1.54) is 0 Å². The Morgan fingerprint density at radius 1 is 1.17 bits per heavy atom. The summed E-state index contributed by atoms with van der Waals surface area (Å²) in [6, 6.07) is 3.49. The largest absolute Gasteiger partial charge is 0.458 e. The molecular formula is C16H20O8. The summed E-state index contributed by atoms with van der Waals surface area (Å²) in [4.78, 5) is 0. The molecule has 8 nitrogen and oxygen atoms in total. The fourth-order valence-electron chi connectivity index (χ4n) is 2.69. The van der Waals surface area contributed by atoms with Crippen LogP contribution >= 0.6 is 0 Å². The van der Waals surface area contributed by atoms with E-state index < -0.39 is 37.3 Å². The van der Waals surface area contributed by atoms with E-state index in [2.05, 4.69) is 6.58 Å². The highest BCUT2D eigenvalue weighted by Crippen LogP contribution is 2.43. The molecule has 0 aromatic heterocycles. The van der Waals surface area contributed by atoms with Crippen LogP contribution in [0.3, 0.4) is 0 Å². The molecule has 24 heavy (non-hydrogen) atoms. The van der Waals surface area contributed by atoms with E-state index in [-0.39, 0.29) is 12.5 Å². The van der Waals surface area contributed by atoms with Gasteiger partial charge in [-0.15, -0.1) is 6.58 Å². The molecule has 132 valence electrons. The average Bonchev–Trinajstić information content (AvgIpc) is 3.04. The first-order valence-electron chi connectivity index (χ1n) is 7.55. The van der Waals surface area contributed by atoms with Crippen molar-refractivity contribution < 1.29 is 39.4 Å². The molecule has 4 N–H and O–H groups in total. The van der Waals surface area contributed by atoms with Gasteiger partial charge in [0, 0.05) is 0 Å². The van der Waals surface area contributed by atoms with Crippen molar-refractivity contribution >= 4 is 0 Å². The molecule has 2 aliphatic rings. The monoisotopic (exact) mass is 340 g/mol. The molecule has 3 rings (SSSR count). The van der Waals surface area contributed by atoms with Crippen LogP contribution < -0.4 is 14.2 Å². The van der Waals surface area contributed by atoms with Gasteiger partial charge < -0.3 is 39.4 Å². The molecule has 2 aliphatic heterocycles. The van der Waals surface area contributed by atoms with Crippen LogP contribution in [0.5, 0.6) is 17.2 Å². The van der Waals surface area contributed by atoms with E-state index in [0.717, 1.165) is 5.56 Å². The molecular weight excluding hydrogens is 320 g/mol. The Balaban J connectivity index is 1.86. The number of aliphatic hydroxyl groups excluding tert-OH is 4. The number of ether oxygens (including phenoxy) is 4. The van der Waals surface area contributed by atoms with Gasteiger partial charge in [-0.2, -0.15) is 0 Å². The van der Waals surface area contributed by atoms with E-state index in [0.29, 0.717) is 17.9 Å². The second-order valence-corrected chi connectivity index (χ2v) is 5.64. The quantitative estimate of drug-likeness (QED) is 0.521. The second-order valence-electron chi connectivity index (χ2n) is 5.64. The molecule has 1 aromatic carbocycles. The van der Waals surface area contributed by atoms with Crippen molar-refractivity contribution in [2.75, 3.05) is 13.4 Å². The van der Waals surface area contributed by atoms with Gasteiger partial charge in [0.1, 0.15) is 24.4 Å². The number of rotatable bonds is 5. The van der Waals surface area contributed by atoms with Gasteiger partial charge in [-0.3, -0.25) is 0 Å². The third-order valence-electron chi connectivity index (χ3n) is 3.97. The Labute approximate surface area is 138 Å². The Morgan fingerprint density at radius 3 is 2.67 bits per heavy atom. The van der Waals surface area contributed by atoms with E-state index >= 15 is 0 Å². The van der Waals surface area contributed by atoms with Crippen LogP contribution in [0, 0.1) is 0 Å². The SMILES string of the molecule is C=CCc1cc2c(c(OC3OC(CO)C(O)C(O)C3O)c1)OCO2. The van der Waals surface area contributed by atoms with Crippen molar-refractivity contribution in [1.82, 2.24) is 0 Å². The first kappa shape index (κ1) is 17.0. The fourth-order valence-corrected chi connectivity index (χ4v) is 2.69. The van der Waals surface area contributed by atoms with E-state index in [1.807, 2.05) is 0 Å². The molecule has 0 radical (unpaired) electrons. The van der Waals surface area contributed by atoms with Crippen LogP contribution in [0.1, 0.15) is 5.56 Å². The minimum atomic E-state index is -1.51. The zero-order valence-corrected chi connectivity index (χ0v) is 12.9. The van der Waals surface area contributed by atoms with Crippen molar-refractivity contribution in [2.45, 2.75) is 37.1 Å². The van der Waals surface area contributed by atoms with Crippen LogP contribution in [0.15, 0.2) is 24.8 Å². The average molecular weight is 340 g/mol. The van der Waals surface area contributed by atoms with Crippen LogP contribution in [-0.2, 0) is 11.2 Å². The maximum atomic E-state index is 10.1. The van der Waals surface area contributed by atoms with Crippen molar-refractivity contribution in [2.24, 2.45) is 0 Å². The first-order valence-corrected chi connectivity index (χ1v) is 7.55. The molecule has 5 atom stereocenters. The van der Waals surface area contributed by atoms with Gasteiger partial charge in [0.05, 0.1) is 6.61 Å². The minimum Gasteiger partial charge on any atom is -0.458 e. The van der Waals surface area contributed by atoms with E-state index in [9.17, 15) is 20.4 Å². The molecule has 2 heterocycles. The third kappa shape index (κ3) is 3.06. The number of fused-ring (bicyclic) bond motifs is 1. The van der Waals surface area contributed by atoms with Crippen molar-refractivity contribution in [1.29, 1.82) is 0 Å². The Morgan fingerprint density at radius 2 is 1.96 bits per heavy atom. The topological polar surface area (TPSA) is 118 Å². The number of allylic oxidation sites excluding steroid dienone is 1. The molecule has 1 saturated heterocycles. The highest BCUT2D eigenvalue weighted by molar-refractivity contribution is 5.55. The molecule has 0 spiro atoms. The first-order chi connectivity index (χ1) is 11.5. The van der Waals surface area contributed by atoms with Crippen LogP contribution in [0.4, 0.5) is 0 Å². The van der Waals surface area contributed by atoms with E-state index in [1.54, 1.807) is 18.2 Å².